The van der Waals surface area contributed by atoms with E-state index in [1.807, 2.05) is 0 Å². The van der Waals surface area contributed by atoms with Crippen molar-refractivity contribution in [2.75, 3.05) is 7.11 Å². The monoisotopic (exact) mass is 264 g/mol. The molecule has 5 nitrogen and oxygen atoms in total. The number of rotatable bonds is 3. The largest absolute Gasteiger partial charge is 0.497 e. The van der Waals surface area contributed by atoms with E-state index in [-0.39, 0.29) is 10.8 Å². The maximum absolute atomic E-state index is 10.7. The number of pyridine rings is 1. The summed E-state index contributed by atoms with van der Waals surface area (Å²) in [5, 5.41) is 10.8. The Morgan fingerprint density at radius 3 is 2.50 bits per heavy atom. The summed E-state index contributed by atoms with van der Waals surface area (Å²) in [7, 11) is 1.57. The average Bonchev–Trinajstić information content (AvgIpc) is 2.38. The fourth-order valence-corrected chi connectivity index (χ4v) is 1.70. The van der Waals surface area contributed by atoms with Gasteiger partial charge in [-0.2, -0.15) is 0 Å². The zero-order valence-corrected chi connectivity index (χ0v) is 10.2. The smallest absolute Gasteiger partial charge is 0.274 e. The van der Waals surface area contributed by atoms with Crippen LogP contribution in [0.3, 0.4) is 0 Å². The Labute approximate surface area is 108 Å². The van der Waals surface area contributed by atoms with E-state index in [2.05, 4.69) is 4.98 Å². The first-order valence-corrected chi connectivity index (χ1v) is 5.44. The van der Waals surface area contributed by atoms with Gasteiger partial charge in [0, 0.05) is 11.6 Å². The number of nitro groups is 1. The molecule has 0 aliphatic heterocycles. The normalized spacial score (nSPS) is 10.1. The van der Waals surface area contributed by atoms with Gasteiger partial charge in [0.1, 0.15) is 10.9 Å². The molecule has 1 aromatic heterocycles. The van der Waals surface area contributed by atoms with Crippen molar-refractivity contribution < 1.29 is 9.66 Å². The zero-order valence-electron chi connectivity index (χ0n) is 9.46. The molecule has 0 aliphatic rings. The molecule has 0 fully saturated rings. The Morgan fingerprint density at radius 2 is 1.94 bits per heavy atom. The van der Waals surface area contributed by atoms with Gasteiger partial charge in [0.2, 0.25) is 0 Å². The van der Waals surface area contributed by atoms with Gasteiger partial charge in [-0.15, -0.1) is 0 Å². The molecule has 0 saturated carbocycles. The molecule has 0 bridgehead atoms. The Hall–Kier alpha value is -2.14. The SMILES string of the molecule is COc1ccc(-c2cc([N+](=O)[O-])cc(Cl)n2)cc1. The lowest BCUT2D eigenvalue weighted by Crippen LogP contribution is -1.92. The molecule has 0 spiro atoms. The molecular weight excluding hydrogens is 256 g/mol. The fraction of sp³-hybridized carbons (Fsp3) is 0.0833. The quantitative estimate of drug-likeness (QED) is 0.485. The van der Waals surface area contributed by atoms with Gasteiger partial charge in [0.05, 0.1) is 23.8 Å². The summed E-state index contributed by atoms with van der Waals surface area (Å²) in [5.41, 5.74) is 1.11. The van der Waals surface area contributed by atoms with E-state index < -0.39 is 4.92 Å². The lowest BCUT2D eigenvalue weighted by atomic mass is 10.1. The highest BCUT2D eigenvalue weighted by Crippen LogP contribution is 2.26. The molecule has 2 rings (SSSR count). The van der Waals surface area contributed by atoms with Gasteiger partial charge in [-0.25, -0.2) is 4.98 Å². The van der Waals surface area contributed by atoms with Crippen LogP contribution in [0.4, 0.5) is 5.69 Å². The van der Waals surface area contributed by atoms with Crippen LogP contribution in [0, 0.1) is 10.1 Å². The number of aromatic nitrogens is 1. The number of hydrogen-bond donors (Lipinski definition) is 0. The molecule has 1 aromatic carbocycles. The van der Waals surface area contributed by atoms with Crippen molar-refractivity contribution in [3.8, 4) is 17.0 Å². The minimum absolute atomic E-state index is 0.0826. The van der Waals surface area contributed by atoms with Crippen molar-refractivity contribution in [3.05, 3.63) is 51.7 Å². The van der Waals surface area contributed by atoms with Crippen LogP contribution in [-0.4, -0.2) is 17.0 Å². The highest BCUT2D eigenvalue weighted by Gasteiger charge is 2.11. The summed E-state index contributed by atoms with van der Waals surface area (Å²) < 4.78 is 5.04. The molecule has 0 atom stereocenters. The summed E-state index contributed by atoms with van der Waals surface area (Å²) in [5.74, 6) is 0.704. The van der Waals surface area contributed by atoms with Crippen LogP contribution in [0.2, 0.25) is 5.15 Å². The number of methoxy groups -OCH3 is 1. The minimum atomic E-state index is -0.499. The van der Waals surface area contributed by atoms with Crippen molar-refractivity contribution in [2.24, 2.45) is 0 Å². The Bertz CT molecular complexity index is 584. The van der Waals surface area contributed by atoms with Gasteiger partial charge < -0.3 is 4.74 Å². The van der Waals surface area contributed by atoms with E-state index in [9.17, 15) is 10.1 Å². The van der Waals surface area contributed by atoms with Crippen molar-refractivity contribution in [2.45, 2.75) is 0 Å². The second-order valence-electron chi connectivity index (χ2n) is 3.52. The average molecular weight is 265 g/mol. The van der Waals surface area contributed by atoms with Gasteiger partial charge in [0.25, 0.3) is 5.69 Å². The molecule has 0 N–H and O–H groups in total. The molecule has 0 saturated heterocycles. The highest BCUT2D eigenvalue weighted by molar-refractivity contribution is 6.29. The lowest BCUT2D eigenvalue weighted by molar-refractivity contribution is -0.384. The molecule has 0 radical (unpaired) electrons. The maximum Gasteiger partial charge on any atom is 0.274 e. The highest BCUT2D eigenvalue weighted by atomic mass is 35.5. The first kappa shape index (κ1) is 12.3. The first-order valence-electron chi connectivity index (χ1n) is 5.06. The summed E-state index contributed by atoms with van der Waals surface area (Å²) in [6, 6.07) is 9.64. The number of hydrogen-bond acceptors (Lipinski definition) is 4. The molecule has 2 aromatic rings. The van der Waals surface area contributed by atoms with E-state index in [1.165, 1.54) is 12.1 Å². The van der Waals surface area contributed by atoms with Crippen molar-refractivity contribution >= 4 is 17.3 Å². The molecule has 0 amide bonds. The summed E-state index contributed by atoms with van der Waals surface area (Å²) in [6.45, 7) is 0. The summed E-state index contributed by atoms with van der Waals surface area (Å²) in [6.07, 6.45) is 0. The summed E-state index contributed by atoms with van der Waals surface area (Å²) >= 11 is 5.76. The third-order valence-corrected chi connectivity index (χ3v) is 2.57. The molecule has 92 valence electrons. The van der Waals surface area contributed by atoms with Gasteiger partial charge >= 0.3 is 0 Å². The van der Waals surface area contributed by atoms with E-state index in [0.29, 0.717) is 11.4 Å². The molecule has 0 aliphatic carbocycles. The maximum atomic E-state index is 10.7. The molecule has 18 heavy (non-hydrogen) atoms. The van der Waals surface area contributed by atoms with Gasteiger partial charge in [-0.3, -0.25) is 10.1 Å². The second kappa shape index (κ2) is 5.01. The zero-order chi connectivity index (χ0) is 13.1. The number of ether oxygens (including phenoxy) is 1. The van der Waals surface area contributed by atoms with Gasteiger partial charge in [-0.05, 0) is 24.3 Å². The van der Waals surface area contributed by atoms with E-state index >= 15 is 0 Å². The van der Waals surface area contributed by atoms with Crippen molar-refractivity contribution in [3.63, 3.8) is 0 Å². The standard InChI is InChI=1S/C12H9ClN2O3/c1-18-10-4-2-8(3-5-10)11-6-9(15(16)17)7-12(13)14-11/h2-7H,1H3. The van der Waals surface area contributed by atoms with Crippen LogP contribution in [0.15, 0.2) is 36.4 Å². The van der Waals surface area contributed by atoms with Crippen molar-refractivity contribution in [1.82, 2.24) is 4.98 Å². The molecule has 0 unspecified atom stereocenters. The molecule has 6 heteroatoms. The topological polar surface area (TPSA) is 65.3 Å². The predicted octanol–water partition coefficient (Wildman–Crippen LogP) is 3.32. The molecule has 1 heterocycles. The van der Waals surface area contributed by atoms with Crippen molar-refractivity contribution in [1.29, 1.82) is 0 Å². The Morgan fingerprint density at radius 1 is 1.28 bits per heavy atom. The number of nitrogens with zero attached hydrogens (tertiary/aromatic N) is 2. The second-order valence-corrected chi connectivity index (χ2v) is 3.91. The Balaban J connectivity index is 2.46. The molecular formula is C12H9ClN2O3. The first-order chi connectivity index (χ1) is 8.60. The lowest BCUT2D eigenvalue weighted by Gasteiger charge is -2.03. The van der Waals surface area contributed by atoms with Crippen LogP contribution >= 0.6 is 11.6 Å². The van der Waals surface area contributed by atoms with E-state index in [0.717, 1.165) is 5.56 Å². The number of benzene rings is 1. The predicted molar refractivity (Wildman–Crippen MR) is 67.9 cm³/mol. The van der Waals surface area contributed by atoms with Crippen LogP contribution in [0.1, 0.15) is 0 Å². The fourth-order valence-electron chi connectivity index (χ4n) is 1.50. The van der Waals surface area contributed by atoms with Gasteiger partial charge in [-0.1, -0.05) is 11.6 Å². The van der Waals surface area contributed by atoms with Crippen LogP contribution in [0.25, 0.3) is 11.3 Å². The summed E-state index contributed by atoms with van der Waals surface area (Å²) in [4.78, 5) is 14.3. The third kappa shape index (κ3) is 2.57. The Kier molecular flexibility index (Phi) is 3.43. The third-order valence-electron chi connectivity index (χ3n) is 2.38. The van der Waals surface area contributed by atoms with Crippen LogP contribution in [-0.2, 0) is 0 Å². The van der Waals surface area contributed by atoms with Gasteiger partial charge in [0.15, 0.2) is 0 Å². The van der Waals surface area contributed by atoms with E-state index in [4.69, 9.17) is 16.3 Å². The minimum Gasteiger partial charge on any atom is -0.497 e. The van der Waals surface area contributed by atoms with Crippen LogP contribution in [0.5, 0.6) is 5.75 Å². The van der Waals surface area contributed by atoms with Crippen LogP contribution < -0.4 is 4.74 Å². The van der Waals surface area contributed by atoms with E-state index in [1.54, 1.807) is 31.4 Å². The number of halogens is 1.